The van der Waals surface area contributed by atoms with Crippen molar-refractivity contribution in [2.75, 3.05) is 19.8 Å². The zero-order valence-corrected chi connectivity index (χ0v) is 13.6. The van der Waals surface area contributed by atoms with Gasteiger partial charge in [0.1, 0.15) is 29.8 Å². The van der Waals surface area contributed by atoms with Crippen LogP contribution in [0.3, 0.4) is 0 Å². The minimum Gasteiger partial charge on any atom is -0.508 e. The lowest BCUT2D eigenvalue weighted by Gasteiger charge is -2.36. The van der Waals surface area contributed by atoms with Gasteiger partial charge in [-0.05, 0) is 30.2 Å². The molecule has 1 aromatic rings. The molecule has 25 heavy (non-hydrogen) atoms. The predicted octanol–water partition coefficient (Wildman–Crippen LogP) is 0.992. The summed E-state index contributed by atoms with van der Waals surface area (Å²) in [6.07, 6.45) is 1.65. The molecule has 7 nitrogen and oxygen atoms in total. The number of nitriles is 1. The molecule has 7 heteroatoms. The number of phenolic OH excluding ortho intramolecular Hbond substituents is 1. The van der Waals surface area contributed by atoms with Gasteiger partial charge in [-0.2, -0.15) is 5.26 Å². The van der Waals surface area contributed by atoms with Gasteiger partial charge in [0.25, 0.3) is 0 Å². The lowest BCUT2D eigenvalue weighted by Crippen LogP contribution is -2.39. The molecule has 1 aromatic carbocycles. The van der Waals surface area contributed by atoms with Crippen LogP contribution in [0.2, 0.25) is 0 Å². The normalized spacial score (nSPS) is 28.3. The molecule has 1 fully saturated rings. The fraction of sp³-hybridized carbons (Fsp3) is 0.389. The summed E-state index contributed by atoms with van der Waals surface area (Å²) < 4.78 is 17.2. The van der Waals surface area contributed by atoms with Gasteiger partial charge in [0.15, 0.2) is 0 Å². The zero-order chi connectivity index (χ0) is 17.6. The van der Waals surface area contributed by atoms with Crippen LogP contribution >= 0.6 is 0 Å². The number of phenols is 1. The van der Waals surface area contributed by atoms with E-state index in [0.717, 1.165) is 5.56 Å². The molecule has 0 bridgehead atoms. The van der Waals surface area contributed by atoms with Crippen LogP contribution in [0.4, 0.5) is 0 Å². The van der Waals surface area contributed by atoms with E-state index in [9.17, 15) is 10.4 Å². The van der Waals surface area contributed by atoms with Crippen LogP contribution in [0, 0.1) is 17.2 Å². The number of hydrogen-bond acceptors (Lipinski definition) is 7. The van der Waals surface area contributed by atoms with Crippen molar-refractivity contribution in [1.29, 1.82) is 5.26 Å². The number of nitrogens with two attached hydrogens (primary N) is 2. The summed E-state index contributed by atoms with van der Waals surface area (Å²) in [4.78, 5) is 0. The fourth-order valence-corrected chi connectivity index (χ4v) is 3.58. The van der Waals surface area contributed by atoms with Gasteiger partial charge in [-0.3, -0.25) is 0 Å². The molecule has 0 radical (unpaired) electrons. The molecule has 1 saturated heterocycles. The van der Waals surface area contributed by atoms with Gasteiger partial charge in [-0.1, -0.05) is 0 Å². The first-order chi connectivity index (χ1) is 12.1. The quantitative estimate of drug-likeness (QED) is 0.696. The summed E-state index contributed by atoms with van der Waals surface area (Å²) in [5.74, 6) is 0.639. The summed E-state index contributed by atoms with van der Waals surface area (Å²) in [7, 11) is 0. The third-order valence-corrected chi connectivity index (χ3v) is 4.90. The van der Waals surface area contributed by atoms with Crippen molar-refractivity contribution in [2.24, 2.45) is 17.4 Å². The van der Waals surface area contributed by atoms with E-state index in [0.29, 0.717) is 54.5 Å². The van der Waals surface area contributed by atoms with Crippen LogP contribution in [0.25, 0.3) is 0 Å². The number of benzene rings is 1. The Hall–Kier alpha value is -2.69. The van der Waals surface area contributed by atoms with E-state index < -0.39 is 0 Å². The molecule has 2 aliphatic heterocycles. The lowest BCUT2D eigenvalue weighted by molar-refractivity contribution is -0.0908. The molecule has 0 aromatic heterocycles. The van der Waals surface area contributed by atoms with E-state index in [4.69, 9.17) is 25.7 Å². The van der Waals surface area contributed by atoms with E-state index in [1.165, 1.54) is 0 Å². The molecule has 2 heterocycles. The summed E-state index contributed by atoms with van der Waals surface area (Å²) >= 11 is 0. The highest BCUT2D eigenvalue weighted by Crippen LogP contribution is 2.42. The standard InChI is InChI=1S/C18H19N3O4/c19-7-12-13(20)6-16-11(18(12)21)3-9-4-14(22)10(5-15(9)25-16)17-8-23-1-2-24-17/h4-6,11,16-17,22H,1-3,8,20-21H2. The molecule has 3 aliphatic rings. The Kier molecular flexibility index (Phi) is 3.79. The largest absolute Gasteiger partial charge is 0.508 e. The molecule has 3 atom stereocenters. The number of fused-ring (bicyclic) bond motifs is 2. The average molecular weight is 341 g/mol. The highest BCUT2D eigenvalue weighted by molar-refractivity contribution is 5.53. The SMILES string of the molecule is N#CC1=C(N)C2Cc3cc(O)c(C4COCCO4)cc3OC2C=C1N. The van der Waals surface area contributed by atoms with Gasteiger partial charge < -0.3 is 30.8 Å². The van der Waals surface area contributed by atoms with Crippen LogP contribution in [0.15, 0.2) is 35.2 Å². The second-order valence-electron chi connectivity index (χ2n) is 6.41. The Morgan fingerprint density at radius 1 is 1.24 bits per heavy atom. The molecule has 130 valence electrons. The third-order valence-electron chi connectivity index (χ3n) is 4.90. The minimum absolute atomic E-state index is 0.144. The number of allylic oxidation sites excluding steroid dienone is 1. The maximum atomic E-state index is 10.4. The van der Waals surface area contributed by atoms with Crippen molar-refractivity contribution in [3.63, 3.8) is 0 Å². The maximum absolute atomic E-state index is 10.4. The molecule has 0 spiro atoms. The second kappa shape index (κ2) is 5.99. The maximum Gasteiger partial charge on any atom is 0.128 e. The van der Waals surface area contributed by atoms with E-state index in [1.807, 2.05) is 6.07 Å². The smallest absolute Gasteiger partial charge is 0.128 e. The minimum atomic E-state index is -0.328. The van der Waals surface area contributed by atoms with Gasteiger partial charge >= 0.3 is 0 Å². The number of aromatic hydroxyl groups is 1. The summed E-state index contributed by atoms with van der Waals surface area (Å²) in [6.45, 7) is 1.44. The first kappa shape index (κ1) is 15.8. The Labute approximate surface area is 145 Å². The third kappa shape index (κ3) is 2.60. The van der Waals surface area contributed by atoms with E-state index in [1.54, 1.807) is 18.2 Å². The van der Waals surface area contributed by atoms with Crippen molar-refractivity contribution in [1.82, 2.24) is 0 Å². The molecule has 0 amide bonds. The Morgan fingerprint density at radius 3 is 2.80 bits per heavy atom. The molecule has 4 rings (SSSR count). The van der Waals surface area contributed by atoms with E-state index >= 15 is 0 Å². The Balaban J connectivity index is 1.69. The van der Waals surface area contributed by atoms with Crippen LogP contribution < -0.4 is 16.2 Å². The Bertz CT molecular complexity index is 818. The van der Waals surface area contributed by atoms with Crippen molar-refractivity contribution in [3.05, 3.63) is 46.3 Å². The van der Waals surface area contributed by atoms with Gasteiger partial charge in [0, 0.05) is 17.2 Å². The fourth-order valence-electron chi connectivity index (χ4n) is 3.58. The van der Waals surface area contributed by atoms with Gasteiger partial charge in [-0.15, -0.1) is 0 Å². The molecule has 1 aliphatic carbocycles. The first-order valence-corrected chi connectivity index (χ1v) is 8.17. The lowest BCUT2D eigenvalue weighted by atomic mass is 9.81. The number of ether oxygens (including phenoxy) is 3. The highest BCUT2D eigenvalue weighted by atomic mass is 16.6. The highest BCUT2D eigenvalue weighted by Gasteiger charge is 2.36. The van der Waals surface area contributed by atoms with Crippen LogP contribution in [0.5, 0.6) is 11.5 Å². The van der Waals surface area contributed by atoms with Gasteiger partial charge in [0.2, 0.25) is 0 Å². The first-order valence-electron chi connectivity index (χ1n) is 8.17. The average Bonchev–Trinajstić information content (AvgIpc) is 2.61. The summed E-state index contributed by atoms with van der Waals surface area (Å²) in [6, 6.07) is 5.53. The van der Waals surface area contributed by atoms with Crippen LogP contribution in [0.1, 0.15) is 17.2 Å². The van der Waals surface area contributed by atoms with Crippen molar-refractivity contribution < 1.29 is 19.3 Å². The molecule has 0 saturated carbocycles. The summed E-state index contributed by atoms with van der Waals surface area (Å²) in [5, 5.41) is 19.6. The van der Waals surface area contributed by atoms with Gasteiger partial charge in [-0.25, -0.2) is 0 Å². The molecular formula is C18H19N3O4. The van der Waals surface area contributed by atoms with Crippen LogP contribution in [-0.2, 0) is 15.9 Å². The summed E-state index contributed by atoms with van der Waals surface area (Å²) in [5.41, 5.74) is 14.6. The van der Waals surface area contributed by atoms with E-state index in [-0.39, 0.29) is 23.9 Å². The monoisotopic (exact) mass is 341 g/mol. The van der Waals surface area contributed by atoms with Crippen molar-refractivity contribution >= 4 is 0 Å². The van der Waals surface area contributed by atoms with Crippen LogP contribution in [-0.4, -0.2) is 31.0 Å². The second-order valence-corrected chi connectivity index (χ2v) is 6.41. The topological polar surface area (TPSA) is 124 Å². The number of nitrogens with zero attached hydrogens (tertiary/aromatic N) is 1. The van der Waals surface area contributed by atoms with E-state index in [2.05, 4.69) is 0 Å². The number of rotatable bonds is 1. The Morgan fingerprint density at radius 2 is 2.08 bits per heavy atom. The van der Waals surface area contributed by atoms with Crippen molar-refractivity contribution in [3.8, 4) is 17.6 Å². The van der Waals surface area contributed by atoms with Gasteiger partial charge in [0.05, 0.1) is 31.1 Å². The van der Waals surface area contributed by atoms with Crippen molar-refractivity contribution in [2.45, 2.75) is 18.6 Å². The molecule has 5 N–H and O–H groups in total. The number of hydrogen-bond donors (Lipinski definition) is 3. The molecular weight excluding hydrogens is 322 g/mol. The zero-order valence-electron chi connectivity index (χ0n) is 13.6. The predicted molar refractivity (Wildman–Crippen MR) is 88.3 cm³/mol. The molecule has 3 unspecified atom stereocenters.